The van der Waals surface area contributed by atoms with Gasteiger partial charge in [-0.1, -0.05) is 60.6 Å². The minimum atomic E-state index is -0.0253. The van der Waals surface area contributed by atoms with Gasteiger partial charge in [0.1, 0.15) is 10.7 Å². The van der Waals surface area contributed by atoms with Gasteiger partial charge in [-0.2, -0.15) is 0 Å². The monoisotopic (exact) mass is 499 g/mol. The number of aryl methyl sites for hydroxylation is 2. The Kier molecular flexibility index (Phi) is 5.78. The normalized spacial score (nSPS) is 15.4. The Morgan fingerprint density at radius 3 is 2.83 bits per heavy atom. The molecule has 0 bridgehead atoms. The number of thiophene rings is 1. The highest BCUT2D eigenvalue weighted by Crippen LogP contribution is 2.36. The van der Waals surface area contributed by atoms with Crippen molar-refractivity contribution in [1.82, 2.24) is 24.7 Å². The summed E-state index contributed by atoms with van der Waals surface area (Å²) in [7, 11) is 0. The largest absolute Gasteiger partial charge is 0.309 e. The van der Waals surface area contributed by atoms with Gasteiger partial charge >= 0.3 is 0 Å². The summed E-state index contributed by atoms with van der Waals surface area (Å²) in [6.07, 6.45) is 3.15. The minimum Gasteiger partial charge on any atom is -0.309 e. The van der Waals surface area contributed by atoms with Crippen LogP contribution in [0, 0.1) is 12.8 Å². The van der Waals surface area contributed by atoms with Crippen molar-refractivity contribution in [2.24, 2.45) is 5.92 Å². The van der Waals surface area contributed by atoms with Crippen LogP contribution in [0.25, 0.3) is 27.3 Å². The van der Waals surface area contributed by atoms with E-state index in [0.29, 0.717) is 17.5 Å². The van der Waals surface area contributed by atoms with Crippen LogP contribution in [0.15, 0.2) is 64.5 Å². The molecule has 0 saturated carbocycles. The maximum atomic E-state index is 13.0. The van der Waals surface area contributed by atoms with E-state index in [9.17, 15) is 4.79 Å². The molecular formula is C27H25N5OS2. The first-order valence-electron chi connectivity index (χ1n) is 11.8. The Hall–Kier alpha value is -3.23. The third-order valence-electron chi connectivity index (χ3n) is 6.48. The molecule has 176 valence electrons. The molecule has 6 nitrogen and oxygen atoms in total. The summed E-state index contributed by atoms with van der Waals surface area (Å²) in [5.41, 5.74) is 4.36. The van der Waals surface area contributed by atoms with Crippen molar-refractivity contribution >= 4 is 33.3 Å². The number of hydrogen-bond acceptors (Lipinski definition) is 6. The van der Waals surface area contributed by atoms with Gasteiger partial charge in [0.05, 0.1) is 11.1 Å². The second kappa shape index (κ2) is 9.09. The quantitative estimate of drug-likeness (QED) is 0.302. The number of aromatic amines is 1. The number of para-hydroxylation sites is 1. The number of nitrogens with zero attached hydrogens (tertiary/aromatic N) is 4. The molecule has 1 aliphatic carbocycles. The lowest BCUT2D eigenvalue weighted by atomic mass is 9.89. The highest BCUT2D eigenvalue weighted by Gasteiger charge is 2.23. The molecule has 8 heteroatoms. The van der Waals surface area contributed by atoms with Crippen molar-refractivity contribution in [1.29, 1.82) is 0 Å². The zero-order valence-electron chi connectivity index (χ0n) is 19.6. The topological polar surface area (TPSA) is 76.5 Å². The number of H-pyrrole nitrogens is 1. The number of rotatable bonds is 5. The summed E-state index contributed by atoms with van der Waals surface area (Å²) in [4.78, 5) is 23.1. The molecule has 5 aromatic rings. The number of hydrogen-bond donors (Lipinski definition) is 1. The van der Waals surface area contributed by atoms with Crippen molar-refractivity contribution in [3.8, 4) is 17.1 Å². The molecule has 0 amide bonds. The molecule has 35 heavy (non-hydrogen) atoms. The number of fused-ring (bicyclic) bond motifs is 3. The molecule has 0 spiro atoms. The summed E-state index contributed by atoms with van der Waals surface area (Å²) in [6, 6.07) is 18.4. The second-order valence-corrected chi connectivity index (χ2v) is 11.2. The Bertz CT molecular complexity index is 1580. The lowest BCUT2D eigenvalue weighted by molar-refractivity contribution is 0.509. The second-order valence-electron chi connectivity index (χ2n) is 9.18. The number of nitrogens with one attached hydrogen (secondary N) is 1. The zero-order valence-corrected chi connectivity index (χ0v) is 21.2. The molecular weight excluding hydrogens is 474 g/mol. The van der Waals surface area contributed by atoms with Gasteiger partial charge in [0, 0.05) is 16.1 Å². The van der Waals surface area contributed by atoms with Gasteiger partial charge in [0.25, 0.3) is 5.56 Å². The van der Waals surface area contributed by atoms with Crippen LogP contribution in [0.5, 0.6) is 0 Å². The molecule has 0 saturated heterocycles. The molecule has 0 fully saturated rings. The van der Waals surface area contributed by atoms with E-state index in [1.165, 1.54) is 27.8 Å². The molecule has 3 heterocycles. The lowest BCUT2D eigenvalue weighted by Gasteiger charge is -2.17. The summed E-state index contributed by atoms with van der Waals surface area (Å²) in [5.74, 6) is 2.62. The Morgan fingerprint density at radius 1 is 1.14 bits per heavy atom. The molecule has 3 aromatic heterocycles. The van der Waals surface area contributed by atoms with Crippen molar-refractivity contribution in [2.45, 2.75) is 44.0 Å². The van der Waals surface area contributed by atoms with Crippen LogP contribution in [0.3, 0.4) is 0 Å². The predicted molar refractivity (Wildman–Crippen MR) is 143 cm³/mol. The Morgan fingerprint density at radius 2 is 2.00 bits per heavy atom. The SMILES string of the molecule is Cc1cccc(-c2nnc(SCc3nc4sc5c(c4c(=O)[nH]3)CCC(C)C5)n2-c2ccccc2)c1. The third kappa shape index (κ3) is 4.21. The average Bonchev–Trinajstić information content (AvgIpc) is 3.44. The van der Waals surface area contributed by atoms with Gasteiger partial charge in [-0.05, 0) is 55.9 Å². The lowest BCUT2D eigenvalue weighted by Crippen LogP contribution is -2.14. The van der Waals surface area contributed by atoms with Crippen LogP contribution in [0.4, 0.5) is 0 Å². The maximum absolute atomic E-state index is 13.0. The smallest absolute Gasteiger partial charge is 0.259 e. The fourth-order valence-corrected chi connectivity index (χ4v) is 6.96. The van der Waals surface area contributed by atoms with Crippen LogP contribution >= 0.6 is 23.1 Å². The van der Waals surface area contributed by atoms with Gasteiger partial charge in [-0.25, -0.2) is 4.98 Å². The fourth-order valence-electron chi connectivity index (χ4n) is 4.74. The van der Waals surface area contributed by atoms with E-state index in [2.05, 4.69) is 63.9 Å². The standard InChI is InChI=1S/C27H25N5OS2/c1-16-7-6-8-18(13-16)24-30-31-27(32(24)19-9-4-3-5-10-19)34-15-22-28-25(33)23-20-12-11-17(2)14-21(20)35-26(23)29-22/h3-10,13,17H,11-12,14-15H2,1-2H3,(H,28,29,33). The molecule has 2 aromatic carbocycles. The van der Waals surface area contributed by atoms with E-state index in [4.69, 9.17) is 4.98 Å². The van der Waals surface area contributed by atoms with Crippen LogP contribution < -0.4 is 5.56 Å². The predicted octanol–water partition coefficient (Wildman–Crippen LogP) is 5.96. The van der Waals surface area contributed by atoms with E-state index in [-0.39, 0.29) is 5.56 Å². The van der Waals surface area contributed by atoms with Crippen molar-refractivity contribution in [3.63, 3.8) is 0 Å². The van der Waals surface area contributed by atoms with Crippen molar-refractivity contribution in [2.75, 3.05) is 0 Å². The molecule has 6 rings (SSSR count). The average molecular weight is 500 g/mol. The van der Waals surface area contributed by atoms with Gasteiger partial charge in [0.15, 0.2) is 11.0 Å². The van der Waals surface area contributed by atoms with E-state index >= 15 is 0 Å². The molecule has 1 aliphatic rings. The third-order valence-corrected chi connectivity index (χ3v) is 8.56. The molecule has 1 N–H and O–H groups in total. The number of thioether (sulfide) groups is 1. The highest BCUT2D eigenvalue weighted by atomic mass is 32.2. The van der Waals surface area contributed by atoms with Crippen LogP contribution in [-0.2, 0) is 18.6 Å². The van der Waals surface area contributed by atoms with E-state index < -0.39 is 0 Å². The van der Waals surface area contributed by atoms with Crippen LogP contribution in [0.1, 0.15) is 35.2 Å². The Balaban J connectivity index is 1.35. The zero-order chi connectivity index (χ0) is 23.9. The number of benzene rings is 2. The van der Waals surface area contributed by atoms with E-state index in [1.54, 1.807) is 11.3 Å². The first-order chi connectivity index (χ1) is 17.1. The molecule has 1 atom stereocenters. The van der Waals surface area contributed by atoms with Crippen molar-refractivity contribution < 1.29 is 0 Å². The summed E-state index contributed by atoms with van der Waals surface area (Å²) in [5, 5.41) is 10.6. The van der Waals surface area contributed by atoms with Gasteiger partial charge in [-0.3, -0.25) is 9.36 Å². The summed E-state index contributed by atoms with van der Waals surface area (Å²) < 4.78 is 2.07. The van der Waals surface area contributed by atoms with Crippen molar-refractivity contribution in [3.05, 3.63) is 86.8 Å². The fraction of sp³-hybridized carbons (Fsp3) is 0.259. The van der Waals surface area contributed by atoms with Gasteiger partial charge in [-0.15, -0.1) is 21.5 Å². The summed E-state index contributed by atoms with van der Waals surface area (Å²) >= 11 is 3.21. The molecule has 0 aliphatic heterocycles. The molecule has 1 unspecified atom stereocenters. The Labute approximate surface area is 211 Å². The number of aromatic nitrogens is 5. The molecule has 0 radical (unpaired) electrons. The van der Waals surface area contributed by atoms with Gasteiger partial charge in [0.2, 0.25) is 0 Å². The minimum absolute atomic E-state index is 0.0253. The maximum Gasteiger partial charge on any atom is 0.259 e. The summed E-state index contributed by atoms with van der Waals surface area (Å²) in [6.45, 7) is 4.35. The van der Waals surface area contributed by atoms with Crippen LogP contribution in [-0.4, -0.2) is 24.7 Å². The highest BCUT2D eigenvalue weighted by molar-refractivity contribution is 7.98. The van der Waals surface area contributed by atoms with Crippen LogP contribution in [0.2, 0.25) is 0 Å². The first-order valence-corrected chi connectivity index (χ1v) is 13.6. The first kappa shape index (κ1) is 22.2. The van der Waals surface area contributed by atoms with E-state index in [1.807, 2.05) is 24.3 Å². The van der Waals surface area contributed by atoms with E-state index in [0.717, 1.165) is 51.7 Å². The van der Waals surface area contributed by atoms with Gasteiger partial charge < -0.3 is 4.98 Å².